The third-order valence-electron chi connectivity index (χ3n) is 3.20. The molecule has 1 aromatic carbocycles. The normalized spacial score (nSPS) is 12.0. The highest BCUT2D eigenvalue weighted by Gasteiger charge is 2.35. The van der Waals surface area contributed by atoms with Crippen LogP contribution >= 0.6 is 11.8 Å². The molecular formula is C14H13F3N6S. The van der Waals surface area contributed by atoms with Crippen LogP contribution in [-0.4, -0.2) is 30.2 Å². The van der Waals surface area contributed by atoms with Gasteiger partial charge in [0.15, 0.2) is 5.82 Å². The Kier molecular flexibility index (Phi) is 4.65. The van der Waals surface area contributed by atoms with E-state index in [9.17, 15) is 13.2 Å². The van der Waals surface area contributed by atoms with E-state index in [1.54, 1.807) is 22.9 Å². The lowest BCUT2D eigenvalue weighted by Crippen LogP contribution is -2.12. The number of nitrogens with zero attached hydrogens (tertiary/aromatic N) is 6. The van der Waals surface area contributed by atoms with Crippen molar-refractivity contribution in [3.05, 3.63) is 35.9 Å². The Morgan fingerprint density at radius 1 is 1.17 bits per heavy atom. The second-order valence-electron chi connectivity index (χ2n) is 4.97. The van der Waals surface area contributed by atoms with Gasteiger partial charge in [0.2, 0.25) is 5.82 Å². The molecule has 3 aromatic rings. The predicted octanol–water partition coefficient (Wildman–Crippen LogP) is 3.34. The van der Waals surface area contributed by atoms with Crippen molar-refractivity contribution in [3.63, 3.8) is 0 Å². The van der Waals surface area contributed by atoms with E-state index in [0.29, 0.717) is 23.5 Å². The smallest absolute Gasteiger partial charge is 0.229 e. The number of aryl methyl sites for hydroxylation is 1. The molecule has 3 rings (SSSR count). The van der Waals surface area contributed by atoms with Gasteiger partial charge in [-0.25, -0.2) is 14.6 Å². The summed E-state index contributed by atoms with van der Waals surface area (Å²) in [6.45, 7) is 2.65. The van der Waals surface area contributed by atoms with E-state index in [1.807, 2.05) is 6.92 Å². The second kappa shape index (κ2) is 6.71. The van der Waals surface area contributed by atoms with E-state index in [4.69, 9.17) is 0 Å². The molecule has 6 nitrogen and oxygen atoms in total. The molecule has 0 saturated heterocycles. The number of para-hydroxylation sites is 1. The number of hydrogen-bond donors (Lipinski definition) is 0. The summed E-state index contributed by atoms with van der Waals surface area (Å²) in [6.07, 6.45) is -3.74. The van der Waals surface area contributed by atoms with Crippen molar-refractivity contribution in [2.24, 2.45) is 0 Å². The predicted molar refractivity (Wildman–Crippen MR) is 82.2 cm³/mol. The SMILES string of the molecule is CCCn1nnnc1CSc1nc(C(F)(F)F)nc2ccccc12. The molecule has 126 valence electrons. The molecule has 0 radical (unpaired) electrons. The van der Waals surface area contributed by atoms with Gasteiger partial charge in [-0.05, 0) is 22.9 Å². The molecule has 0 spiro atoms. The first-order valence-corrected chi connectivity index (χ1v) is 8.19. The molecule has 10 heteroatoms. The zero-order valence-electron chi connectivity index (χ0n) is 12.7. The zero-order chi connectivity index (χ0) is 17.2. The van der Waals surface area contributed by atoms with Gasteiger partial charge in [-0.2, -0.15) is 13.2 Å². The topological polar surface area (TPSA) is 69.4 Å². The van der Waals surface area contributed by atoms with E-state index in [-0.39, 0.29) is 10.5 Å². The molecule has 24 heavy (non-hydrogen) atoms. The first-order chi connectivity index (χ1) is 11.5. The van der Waals surface area contributed by atoms with Crippen LogP contribution in [0.15, 0.2) is 29.3 Å². The Morgan fingerprint density at radius 2 is 1.96 bits per heavy atom. The van der Waals surface area contributed by atoms with Crippen molar-refractivity contribution in [1.82, 2.24) is 30.2 Å². The fraction of sp³-hybridized carbons (Fsp3) is 0.357. The van der Waals surface area contributed by atoms with Crippen molar-refractivity contribution in [2.75, 3.05) is 0 Å². The highest BCUT2D eigenvalue weighted by atomic mass is 32.2. The van der Waals surface area contributed by atoms with Crippen molar-refractivity contribution in [2.45, 2.75) is 36.8 Å². The molecular weight excluding hydrogens is 341 g/mol. The Morgan fingerprint density at radius 3 is 2.71 bits per heavy atom. The largest absolute Gasteiger partial charge is 0.451 e. The number of aromatic nitrogens is 6. The summed E-state index contributed by atoms with van der Waals surface area (Å²) in [4.78, 5) is 7.30. The van der Waals surface area contributed by atoms with Crippen molar-refractivity contribution in [3.8, 4) is 0 Å². The molecule has 0 atom stereocenters. The summed E-state index contributed by atoms with van der Waals surface area (Å²) in [7, 11) is 0. The molecule has 0 amide bonds. The molecule has 0 bridgehead atoms. The zero-order valence-corrected chi connectivity index (χ0v) is 13.5. The number of benzene rings is 1. The van der Waals surface area contributed by atoms with Crippen molar-refractivity contribution < 1.29 is 13.2 Å². The van der Waals surface area contributed by atoms with Crippen LogP contribution < -0.4 is 0 Å². The van der Waals surface area contributed by atoms with Gasteiger partial charge in [-0.3, -0.25) is 0 Å². The van der Waals surface area contributed by atoms with Crippen molar-refractivity contribution in [1.29, 1.82) is 0 Å². The Balaban J connectivity index is 1.94. The van der Waals surface area contributed by atoms with Crippen LogP contribution in [0, 0.1) is 0 Å². The maximum Gasteiger partial charge on any atom is 0.451 e. The van der Waals surface area contributed by atoms with Gasteiger partial charge in [0.25, 0.3) is 0 Å². The molecule has 2 heterocycles. The second-order valence-corrected chi connectivity index (χ2v) is 5.94. The lowest BCUT2D eigenvalue weighted by atomic mass is 10.2. The fourth-order valence-corrected chi connectivity index (χ4v) is 3.08. The number of rotatable bonds is 5. The summed E-state index contributed by atoms with van der Waals surface area (Å²) in [5.41, 5.74) is 0.260. The average molecular weight is 354 g/mol. The van der Waals surface area contributed by atoms with Crippen LogP contribution in [0.4, 0.5) is 13.2 Å². The van der Waals surface area contributed by atoms with Crippen LogP contribution in [0.5, 0.6) is 0 Å². The first kappa shape index (κ1) is 16.6. The molecule has 0 aliphatic rings. The van der Waals surface area contributed by atoms with Crippen LogP contribution in [-0.2, 0) is 18.5 Å². The Labute approximate surface area is 139 Å². The molecule has 0 N–H and O–H groups in total. The summed E-state index contributed by atoms with van der Waals surface area (Å²) in [6, 6.07) is 6.63. The number of thioether (sulfide) groups is 1. The van der Waals surface area contributed by atoms with Crippen LogP contribution in [0.3, 0.4) is 0 Å². The maximum absolute atomic E-state index is 13.0. The molecule has 0 aliphatic carbocycles. The molecule has 0 fully saturated rings. The third kappa shape index (κ3) is 3.48. The van der Waals surface area contributed by atoms with Gasteiger partial charge >= 0.3 is 6.18 Å². The minimum absolute atomic E-state index is 0.260. The van der Waals surface area contributed by atoms with Gasteiger partial charge in [0, 0.05) is 11.9 Å². The summed E-state index contributed by atoms with van der Waals surface area (Å²) < 4.78 is 40.6. The lowest BCUT2D eigenvalue weighted by molar-refractivity contribution is -0.145. The van der Waals surface area contributed by atoms with E-state index in [0.717, 1.165) is 18.2 Å². The summed E-state index contributed by atoms with van der Waals surface area (Å²) >= 11 is 1.16. The van der Waals surface area contributed by atoms with E-state index in [1.165, 1.54) is 6.07 Å². The number of halogens is 3. The minimum Gasteiger partial charge on any atom is -0.229 e. The average Bonchev–Trinajstić information content (AvgIpc) is 2.99. The summed E-state index contributed by atoms with van der Waals surface area (Å²) in [5.74, 6) is -0.222. The van der Waals surface area contributed by atoms with Gasteiger partial charge in [-0.15, -0.1) is 5.10 Å². The quantitative estimate of drug-likeness (QED) is 0.517. The number of hydrogen-bond acceptors (Lipinski definition) is 6. The number of tetrazole rings is 1. The van der Waals surface area contributed by atoms with Crippen LogP contribution in [0.2, 0.25) is 0 Å². The van der Waals surface area contributed by atoms with Gasteiger partial charge in [0.1, 0.15) is 5.03 Å². The molecule has 2 aromatic heterocycles. The maximum atomic E-state index is 13.0. The van der Waals surface area contributed by atoms with Crippen LogP contribution in [0.25, 0.3) is 10.9 Å². The standard InChI is InChI=1S/C14H13F3N6S/c1-2-7-23-11(20-21-22-23)8-24-12-9-5-3-4-6-10(9)18-13(19-12)14(15,16)17/h3-6H,2,7-8H2,1H3. The number of alkyl halides is 3. The highest BCUT2D eigenvalue weighted by Crippen LogP contribution is 2.32. The Bertz CT molecular complexity index is 848. The molecule has 0 saturated carbocycles. The minimum atomic E-state index is -4.59. The van der Waals surface area contributed by atoms with Crippen LogP contribution in [0.1, 0.15) is 25.0 Å². The Hall–Kier alpha value is -2.23. The highest BCUT2D eigenvalue weighted by molar-refractivity contribution is 7.98. The van der Waals surface area contributed by atoms with Gasteiger partial charge in [-0.1, -0.05) is 36.9 Å². The van der Waals surface area contributed by atoms with E-state index >= 15 is 0 Å². The molecule has 0 aliphatic heterocycles. The van der Waals surface area contributed by atoms with Gasteiger partial charge in [0.05, 0.1) is 11.3 Å². The first-order valence-electron chi connectivity index (χ1n) is 7.21. The number of fused-ring (bicyclic) bond motifs is 1. The van der Waals surface area contributed by atoms with Gasteiger partial charge < -0.3 is 0 Å². The van der Waals surface area contributed by atoms with E-state index < -0.39 is 12.0 Å². The third-order valence-corrected chi connectivity index (χ3v) is 4.19. The molecule has 0 unspecified atom stereocenters. The lowest BCUT2D eigenvalue weighted by Gasteiger charge is -2.10. The van der Waals surface area contributed by atoms with E-state index in [2.05, 4.69) is 25.5 Å². The fourth-order valence-electron chi connectivity index (χ4n) is 2.13. The van der Waals surface area contributed by atoms with Crippen molar-refractivity contribution >= 4 is 22.7 Å². The monoisotopic (exact) mass is 354 g/mol. The summed E-state index contributed by atoms with van der Waals surface area (Å²) in [5, 5.41) is 12.2.